The van der Waals surface area contributed by atoms with E-state index in [1.165, 1.54) is 0 Å². The molecule has 5 nitrogen and oxygen atoms in total. The fraction of sp³-hybridized carbons (Fsp3) is 1.00. The van der Waals surface area contributed by atoms with E-state index < -0.39 is 10.0 Å². The third-order valence-corrected chi connectivity index (χ3v) is 5.49. The van der Waals surface area contributed by atoms with Crippen LogP contribution in [-0.4, -0.2) is 68.8 Å². The summed E-state index contributed by atoms with van der Waals surface area (Å²) in [6, 6.07) is 0.492. The molecule has 0 radical (unpaired) electrons. The summed E-state index contributed by atoms with van der Waals surface area (Å²) in [5.74, 6) is 0.254. The molecular weight excluding hydrogens is 252 g/mol. The van der Waals surface area contributed by atoms with Crippen LogP contribution >= 0.6 is 0 Å². The van der Waals surface area contributed by atoms with E-state index in [9.17, 15) is 8.42 Å². The quantitative estimate of drug-likeness (QED) is 0.720. The Hall–Kier alpha value is -0.170. The minimum Gasteiger partial charge on any atom is -0.383 e. The number of nitrogens with zero attached hydrogens (tertiary/aromatic N) is 2. The summed E-state index contributed by atoms with van der Waals surface area (Å²) in [6.45, 7) is 8.81. The standard InChI is InChI=1S/C12H26N2O3S/c1-5-8-18(15,16)13-9-11(2)14(6-7-17-4)12(3)10-13/h11-12H,5-10H2,1-4H3. The average molecular weight is 278 g/mol. The Labute approximate surface area is 111 Å². The minimum atomic E-state index is -3.07. The molecule has 0 aromatic rings. The molecule has 2 atom stereocenters. The van der Waals surface area contributed by atoms with Gasteiger partial charge in [0.05, 0.1) is 12.4 Å². The zero-order valence-electron chi connectivity index (χ0n) is 11.9. The normalized spacial score (nSPS) is 27.6. The first-order chi connectivity index (χ1) is 8.42. The van der Waals surface area contributed by atoms with Gasteiger partial charge in [-0.05, 0) is 20.3 Å². The molecule has 18 heavy (non-hydrogen) atoms. The highest BCUT2D eigenvalue weighted by Crippen LogP contribution is 2.18. The van der Waals surface area contributed by atoms with E-state index in [0.29, 0.717) is 26.1 Å². The van der Waals surface area contributed by atoms with Gasteiger partial charge in [-0.15, -0.1) is 0 Å². The van der Waals surface area contributed by atoms with Gasteiger partial charge in [0.15, 0.2) is 0 Å². The van der Waals surface area contributed by atoms with E-state index in [1.54, 1.807) is 11.4 Å². The smallest absolute Gasteiger partial charge is 0.214 e. The Balaban J connectivity index is 2.66. The van der Waals surface area contributed by atoms with Crippen LogP contribution in [0.1, 0.15) is 27.2 Å². The lowest BCUT2D eigenvalue weighted by atomic mass is 10.1. The van der Waals surface area contributed by atoms with Crippen molar-refractivity contribution in [3.63, 3.8) is 0 Å². The third kappa shape index (κ3) is 3.91. The van der Waals surface area contributed by atoms with Crippen molar-refractivity contribution in [2.45, 2.75) is 39.3 Å². The topological polar surface area (TPSA) is 49.9 Å². The van der Waals surface area contributed by atoms with Crippen LogP contribution in [0.15, 0.2) is 0 Å². The summed E-state index contributed by atoms with van der Waals surface area (Å²) in [5.41, 5.74) is 0. The maximum Gasteiger partial charge on any atom is 0.214 e. The Morgan fingerprint density at radius 2 is 1.78 bits per heavy atom. The van der Waals surface area contributed by atoms with Gasteiger partial charge in [-0.25, -0.2) is 8.42 Å². The first-order valence-corrected chi connectivity index (χ1v) is 8.25. The number of sulfonamides is 1. The monoisotopic (exact) mass is 278 g/mol. The van der Waals surface area contributed by atoms with Crippen molar-refractivity contribution >= 4 is 10.0 Å². The molecule has 1 heterocycles. The van der Waals surface area contributed by atoms with Crippen LogP contribution in [0.4, 0.5) is 0 Å². The zero-order chi connectivity index (χ0) is 13.8. The fourth-order valence-corrected chi connectivity index (χ4v) is 4.22. The van der Waals surface area contributed by atoms with Crippen LogP contribution in [0.5, 0.6) is 0 Å². The first kappa shape index (κ1) is 15.9. The predicted octanol–water partition coefficient (Wildman–Crippen LogP) is 0.767. The number of piperazine rings is 1. The van der Waals surface area contributed by atoms with Gasteiger partial charge in [0.2, 0.25) is 10.0 Å². The van der Waals surface area contributed by atoms with E-state index in [0.717, 1.165) is 6.54 Å². The van der Waals surface area contributed by atoms with E-state index in [1.807, 2.05) is 6.92 Å². The number of ether oxygens (including phenoxy) is 1. The average Bonchev–Trinajstić information content (AvgIpc) is 2.27. The molecule has 2 unspecified atom stereocenters. The Morgan fingerprint density at radius 3 is 2.22 bits per heavy atom. The summed E-state index contributed by atoms with van der Waals surface area (Å²) in [6.07, 6.45) is 0.676. The van der Waals surface area contributed by atoms with Gasteiger partial charge in [0.25, 0.3) is 0 Å². The fourth-order valence-electron chi connectivity index (χ4n) is 2.56. The van der Waals surface area contributed by atoms with Crippen molar-refractivity contribution in [2.75, 3.05) is 39.1 Å². The van der Waals surface area contributed by atoms with Crippen molar-refractivity contribution in [1.29, 1.82) is 0 Å². The summed E-state index contributed by atoms with van der Waals surface area (Å²) in [5, 5.41) is 0. The lowest BCUT2D eigenvalue weighted by Gasteiger charge is -2.43. The predicted molar refractivity (Wildman–Crippen MR) is 73.2 cm³/mol. The van der Waals surface area contributed by atoms with Gasteiger partial charge in [-0.1, -0.05) is 6.92 Å². The summed E-state index contributed by atoms with van der Waals surface area (Å²) < 4.78 is 30.9. The highest BCUT2D eigenvalue weighted by atomic mass is 32.2. The van der Waals surface area contributed by atoms with Crippen LogP contribution in [0.3, 0.4) is 0 Å². The molecule has 0 saturated carbocycles. The molecular formula is C12H26N2O3S. The Kier molecular flexibility index (Phi) is 6.04. The number of methoxy groups -OCH3 is 1. The number of hydrogen-bond donors (Lipinski definition) is 0. The molecule has 0 amide bonds. The van der Waals surface area contributed by atoms with E-state index in [2.05, 4.69) is 18.7 Å². The van der Waals surface area contributed by atoms with Crippen molar-refractivity contribution in [1.82, 2.24) is 9.21 Å². The molecule has 6 heteroatoms. The highest BCUT2D eigenvalue weighted by Gasteiger charge is 2.34. The second-order valence-corrected chi connectivity index (χ2v) is 7.15. The number of rotatable bonds is 6. The van der Waals surface area contributed by atoms with Gasteiger partial charge >= 0.3 is 0 Å². The van der Waals surface area contributed by atoms with Gasteiger partial charge in [-0.3, -0.25) is 4.90 Å². The summed E-state index contributed by atoms with van der Waals surface area (Å²) >= 11 is 0. The van der Waals surface area contributed by atoms with Crippen molar-refractivity contribution in [3.05, 3.63) is 0 Å². The van der Waals surface area contributed by atoms with E-state index in [-0.39, 0.29) is 17.8 Å². The highest BCUT2D eigenvalue weighted by molar-refractivity contribution is 7.89. The van der Waals surface area contributed by atoms with Crippen molar-refractivity contribution in [3.8, 4) is 0 Å². The zero-order valence-corrected chi connectivity index (χ0v) is 12.7. The largest absolute Gasteiger partial charge is 0.383 e. The summed E-state index contributed by atoms with van der Waals surface area (Å²) in [7, 11) is -1.38. The molecule has 0 N–H and O–H groups in total. The van der Waals surface area contributed by atoms with Gasteiger partial charge in [0.1, 0.15) is 0 Å². The van der Waals surface area contributed by atoms with Crippen LogP contribution in [0, 0.1) is 0 Å². The maximum absolute atomic E-state index is 12.1. The first-order valence-electron chi connectivity index (χ1n) is 6.64. The molecule has 1 fully saturated rings. The molecule has 0 bridgehead atoms. The number of hydrogen-bond acceptors (Lipinski definition) is 4. The van der Waals surface area contributed by atoms with E-state index >= 15 is 0 Å². The molecule has 1 aliphatic rings. The SMILES string of the molecule is CCCS(=O)(=O)N1CC(C)N(CCOC)C(C)C1. The second-order valence-electron chi connectivity index (χ2n) is 5.06. The molecule has 1 saturated heterocycles. The van der Waals surface area contributed by atoms with Gasteiger partial charge < -0.3 is 4.74 Å². The van der Waals surface area contributed by atoms with Crippen LogP contribution in [-0.2, 0) is 14.8 Å². The van der Waals surface area contributed by atoms with Crippen LogP contribution < -0.4 is 0 Å². The third-order valence-electron chi connectivity index (χ3n) is 3.48. The van der Waals surface area contributed by atoms with Crippen LogP contribution in [0.2, 0.25) is 0 Å². The summed E-state index contributed by atoms with van der Waals surface area (Å²) in [4.78, 5) is 2.32. The molecule has 1 aliphatic heterocycles. The second kappa shape index (κ2) is 6.84. The Bertz CT molecular complexity index is 333. The van der Waals surface area contributed by atoms with Crippen molar-refractivity contribution < 1.29 is 13.2 Å². The van der Waals surface area contributed by atoms with E-state index in [4.69, 9.17) is 4.74 Å². The molecule has 0 aromatic heterocycles. The van der Waals surface area contributed by atoms with Gasteiger partial charge in [-0.2, -0.15) is 4.31 Å². The minimum absolute atomic E-state index is 0.246. The van der Waals surface area contributed by atoms with Crippen molar-refractivity contribution in [2.24, 2.45) is 0 Å². The molecule has 0 aromatic carbocycles. The lowest BCUT2D eigenvalue weighted by Crippen LogP contribution is -2.58. The molecule has 0 spiro atoms. The lowest BCUT2D eigenvalue weighted by molar-refractivity contribution is 0.0496. The molecule has 1 rings (SSSR count). The molecule has 0 aliphatic carbocycles. The van der Waals surface area contributed by atoms with Crippen LogP contribution in [0.25, 0.3) is 0 Å². The Morgan fingerprint density at radius 1 is 1.22 bits per heavy atom. The maximum atomic E-state index is 12.1. The van der Waals surface area contributed by atoms with Gasteiger partial charge in [0, 0.05) is 38.8 Å². The molecule has 108 valence electrons.